The van der Waals surface area contributed by atoms with Gasteiger partial charge in [-0.3, -0.25) is 5.10 Å². The van der Waals surface area contributed by atoms with E-state index in [1.165, 1.54) is 23.6 Å². The van der Waals surface area contributed by atoms with Crippen molar-refractivity contribution in [2.45, 2.75) is 0 Å². The number of amidine groups is 1. The SMILES string of the molecule is N/C(=N\OC(=O)c1ccn[nH]1)c1cccs1. The van der Waals surface area contributed by atoms with E-state index in [0.29, 0.717) is 0 Å². The molecule has 0 aromatic carbocycles. The van der Waals surface area contributed by atoms with Gasteiger partial charge in [-0.2, -0.15) is 5.10 Å². The van der Waals surface area contributed by atoms with Crippen molar-refractivity contribution < 1.29 is 9.63 Å². The van der Waals surface area contributed by atoms with E-state index < -0.39 is 5.97 Å². The number of nitrogens with zero attached hydrogens (tertiary/aromatic N) is 2. The molecule has 0 aliphatic heterocycles. The second-order valence-electron chi connectivity index (χ2n) is 2.80. The van der Waals surface area contributed by atoms with E-state index in [0.717, 1.165) is 4.88 Å². The lowest BCUT2D eigenvalue weighted by atomic mass is 10.4. The first-order valence-electron chi connectivity index (χ1n) is 4.35. The summed E-state index contributed by atoms with van der Waals surface area (Å²) in [6.45, 7) is 0. The highest BCUT2D eigenvalue weighted by molar-refractivity contribution is 7.12. The third-order valence-corrected chi connectivity index (χ3v) is 2.61. The van der Waals surface area contributed by atoms with E-state index in [1.807, 2.05) is 11.4 Å². The van der Waals surface area contributed by atoms with Gasteiger partial charge < -0.3 is 10.6 Å². The number of rotatable bonds is 3. The number of oxime groups is 1. The van der Waals surface area contributed by atoms with Gasteiger partial charge in [-0.15, -0.1) is 11.3 Å². The molecule has 0 aliphatic carbocycles. The van der Waals surface area contributed by atoms with E-state index in [4.69, 9.17) is 5.73 Å². The number of aromatic amines is 1. The lowest BCUT2D eigenvalue weighted by molar-refractivity contribution is 0.0509. The fourth-order valence-corrected chi connectivity index (χ4v) is 1.60. The summed E-state index contributed by atoms with van der Waals surface area (Å²) < 4.78 is 0. The van der Waals surface area contributed by atoms with E-state index in [9.17, 15) is 4.79 Å². The first kappa shape index (κ1) is 10.4. The molecule has 2 heterocycles. The predicted molar refractivity (Wildman–Crippen MR) is 59.0 cm³/mol. The maximum absolute atomic E-state index is 11.3. The number of carbonyl (C=O) groups excluding carboxylic acids is 1. The van der Waals surface area contributed by atoms with Gasteiger partial charge in [0, 0.05) is 6.20 Å². The Morgan fingerprint density at radius 2 is 2.44 bits per heavy atom. The van der Waals surface area contributed by atoms with Crippen molar-refractivity contribution in [3.63, 3.8) is 0 Å². The van der Waals surface area contributed by atoms with Crippen LogP contribution in [-0.4, -0.2) is 22.0 Å². The average molecular weight is 236 g/mol. The average Bonchev–Trinajstić information content (AvgIpc) is 2.95. The van der Waals surface area contributed by atoms with Crippen molar-refractivity contribution in [2.75, 3.05) is 0 Å². The first-order chi connectivity index (χ1) is 7.77. The summed E-state index contributed by atoms with van der Waals surface area (Å²) in [5.41, 5.74) is 5.82. The fraction of sp³-hybridized carbons (Fsp3) is 0. The molecule has 0 bridgehead atoms. The number of nitrogens with one attached hydrogen (secondary N) is 1. The number of thiophene rings is 1. The molecule has 6 nitrogen and oxygen atoms in total. The molecule has 0 aliphatic rings. The minimum absolute atomic E-state index is 0.169. The van der Waals surface area contributed by atoms with Crippen molar-refractivity contribution in [3.05, 3.63) is 40.3 Å². The molecule has 2 rings (SSSR count). The Hall–Kier alpha value is -2.15. The Labute approximate surface area is 94.7 Å². The Balaban J connectivity index is 2.02. The largest absolute Gasteiger partial charge is 0.383 e. The molecular formula is C9H8N4O2S. The van der Waals surface area contributed by atoms with Gasteiger partial charge in [0.1, 0.15) is 5.69 Å². The van der Waals surface area contributed by atoms with Crippen LogP contribution in [0.4, 0.5) is 0 Å². The molecular weight excluding hydrogens is 228 g/mol. The summed E-state index contributed by atoms with van der Waals surface area (Å²) in [5.74, 6) is -0.458. The Kier molecular flexibility index (Phi) is 2.97. The van der Waals surface area contributed by atoms with Crippen LogP contribution in [0, 0.1) is 0 Å². The van der Waals surface area contributed by atoms with Crippen molar-refractivity contribution >= 4 is 23.1 Å². The van der Waals surface area contributed by atoms with E-state index in [1.54, 1.807) is 6.07 Å². The lowest BCUT2D eigenvalue weighted by Crippen LogP contribution is -2.13. The highest BCUT2D eigenvalue weighted by Gasteiger charge is 2.08. The molecule has 0 atom stereocenters. The lowest BCUT2D eigenvalue weighted by Gasteiger charge is -1.96. The highest BCUT2D eigenvalue weighted by Crippen LogP contribution is 2.08. The molecule has 0 saturated carbocycles. The van der Waals surface area contributed by atoms with Crippen molar-refractivity contribution in [3.8, 4) is 0 Å². The van der Waals surface area contributed by atoms with Crippen LogP contribution in [0.2, 0.25) is 0 Å². The smallest absolute Gasteiger partial charge is 0.380 e. The number of H-pyrrole nitrogens is 1. The topological polar surface area (TPSA) is 93.4 Å². The van der Waals surface area contributed by atoms with Crippen LogP contribution >= 0.6 is 11.3 Å². The van der Waals surface area contributed by atoms with Crippen LogP contribution in [0.25, 0.3) is 0 Å². The second kappa shape index (κ2) is 4.58. The summed E-state index contributed by atoms with van der Waals surface area (Å²) in [6, 6.07) is 5.10. The molecule has 82 valence electrons. The minimum atomic E-state index is -0.628. The Bertz CT molecular complexity index is 490. The fourth-order valence-electron chi connectivity index (χ4n) is 0.979. The number of hydrogen-bond acceptors (Lipinski definition) is 5. The Morgan fingerprint density at radius 1 is 1.56 bits per heavy atom. The number of aromatic nitrogens is 2. The molecule has 0 radical (unpaired) electrons. The van der Waals surface area contributed by atoms with Crippen LogP contribution in [-0.2, 0) is 4.84 Å². The normalized spacial score (nSPS) is 11.4. The van der Waals surface area contributed by atoms with Crippen LogP contribution in [0.3, 0.4) is 0 Å². The molecule has 0 amide bonds. The zero-order valence-corrected chi connectivity index (χ0v) is 8.90. The standard InChI is InChI=1S/C9H8N4O2S/c10-8(7-2-1-5-16-7)13-15-9(14)6-3-4-11-12-6/h1-5H,(H2,10,13)(H,11,12). The van der Waals surface area contributed by atoms with Gasteiger partial charge in [0.05, 0.1) is 4.88 Å². The number of hydrogen-bond donors (Lipinski definition) is 2. The molecule has 0 saturated heterocycles. The molecule has 0 spiro atoms. The van der Waals surface area contributed by atoms with Gasteiger partial charge in [0.25, 0.3) is 0 Å². The maximum Gasteiger partial charge on any atom is 0.383 e. The number of nitrogens with two attached hydrogens (primary N) is 1. The molecule has 2 aromatic rings. The summed E-state index contributed by atoms with van der Waals surface area (Å²) in [4.78, 5) is 16.7. The van der Waals surface area contributed by atoms with Crippen LogP contribution in [0.15, 0.2) is 34.9 Å². The van der Waals surface area contributed by atoms with Crippen molar-refractivity contribution in [2.24, 2.45) is 10.9 Å². The Morgan fingerprint density at radius 3 is 3.06 bits per heavy atom. The summed E-state index contributed by atoms with van der Waals surface area (Å²) >= 11 is 1.41. The number of carbonyl (C=O) groups is 1. The van der Waals surface area contributed by atoms with Gasteiger partial charge in [0.15, 0.2) is 5.84 Å². The third kappa shape index (κ3) is 2.26. The van der Waals surface area contributed by atoms with Crippen molar-refractivity contribution in [1.29, 1.82) is 0 Å². The summed E-state index contributed by atoms with van der Waals surface area (Å²) in [7, 11) is 0. The molecule has 7 heteroatoms. The van der Waals surface area contributed by atoms with E-state index >= 15 is 0 Å². The summed E-state index contributed by atoms with van der Waals surface area (Å²) in [6.07, 6.45) is 1.45. The monoisotopic (exact) mass is 236 g/mol. The first-order valence-corrected chi connectivity index (χ1v) is 5.23. The van der Waals surface area contributed by atoms with E-state index in [2.05, 4.69) is 20.2 Å². The quantitative estimate of drug-likeness (QED) is 0.359. The van der Waals surface area contributed by atoms with Crippen LogP contribution < -0.4 is 5.73 Å². The molecule has 2 aromatic heterocycles. The van der Waals surface area contributed by atoms with Crippen LogP contribution in [0.5, 0.6) is 0 Å². The van der Waals surface area contributed by atoms with Gasteiger partial charge >= 0.3 is 5.97 Å². The summed E-state index contributed by atoms with van der Waals surface area (Å²) in [5, 5.41) is 11.5. The molecule has 0 fully saturated rings. The molecule has 3 N–H and O–H groups in total. The van der Waals surface area contributed by atoms with E-state index in [-0.39, 0.29) is 11.5 Å². The van der Waals surface area contributed by atoms with Gasteiger partial charge in [-0.1, -0.05) is 11.2 Å². The van der Waals surface area contributed by atoms with Crippen molar-refractivity contribution in [1.82, 2.24) is 10.2 Å². The predicted octanol–water partition coefficient (Wildman–Crippen LogP) is 0.948. The van der Waals surface area contributed by atoms with Gasteiger partial charge in [0.2, 0.25) is 0 Å². The zero-order chi connectivity index (χ0) is 11.4. The molecule has 0 unspecified atom stereocenters. The third-order valence-electron chi connectivity index (χ3n) is 1.72. The van der Waals surface area contributed by atoms with Gasteiger partial charge in [-0.25, -0.2) is 4.79 Å². The van der Waals surface area contributed by atoms with Crippen LogP contribution in [0.1, 0.15) is 15.4 Å². The highest BCUT2D eigenvalue weighted by atomic mass is 32.1. The second-order valence-corrected chi connectivity index (χ2v) is 3.75. The zero-order valence-electron chi connectivity index (χ0n) is 8.08. The van der Waals surface area contributed by atoms with Gasteiger partial charge in [-0.05, 0) is 17.5 Å². The minimum Gasteiger partial charge on any atom is -0.380 e. The maximum atomic E-state index is 11.3. The molecule has 16 heavy (non-hydrogen) atoms.